The van der Waals surface area contributed by atoms with Crippen molar-refractivity contribution in [1.82, 2.24) is 14.5 Å². The molecular weight excluding hydrogens is 350 g/mol. The molecule has 1 aliphatic heterocycles. The molecule has 21 heavy (non-hydrogen) atoms. The number of fused-ring (bicyclic) bond motifs is 1. The van der Waals surface area contributed by atoms with Gasteiger partial charge in [0.25, 0.3) is 0 Å². The fourth-order valence-electron chi connectivity index (χ4n) is 3.35. The summed E-state index contributed by atoms with van der Waals surface area (Å²) in [5.41, 5.74) is 2.21. The van der Waals surface area contributed by atoms with E-state index in [9.17, 15) is 0 Å². The molecule has 1 aliphatic rings. The van der Waals surface area contributed by atoms with Gasteiger partial charge in [0.05, 0.1) is 16.4 Å². The summed E-state index contributed by atoms with van der Waals surface area (Å²) >= 11 is 9.89. The van der Waals surface area contributed by atoms with Crippen LogP contribution in [0.1, 0.15) is 37.9 Å². The van der Waals surface area contributed by atoms with Crippen molar-refractivity contribution in [2.45, 2.75) is 44.7 Å². The van der Waals surface area contributed by atoms with Crippen LogP contribution in [0.4, 0.5) is 0 Å². The van der Waals surface area contributed by atoms with E-state index in [-0.39, 0.29) is 5.38 Å². The minimum atomic E-state index is -0.0762. The highest BCUT2D eigenvalue weighted by Crippen LogP contribution is 2.29. The molecule has 1 fully saturated rings. The first-order valence-electron chi connectivity index (χ1n) is 7.64. The SMILES string of the molecule is CCN1CCCC1Cn1c(C(C)Cl)nc2cc(Br)ccc21. The summed E-state index contributed by atoms with van der Waals surface area (Å²) in [6, 6.07) is 6.89. The lowest BCUT2D eigenvalue weighted by molar-refractivity contribution is 0.244. The second-order valence-electron chi connectivity index (χ2n) is 5.75. The molecular formula is C16H21BrClN3. The Morgan fingerprint density at radius 2 is 2.29 bits per heavy atom. The molecule has 0 aliphatic carbocycles. The van der Waals surface area contributed by atoms with Gasteiger partial charge in [0.1, 0.15) is 5.82 Å². The van der Waals surface area contributed by atoms with Gasteiger partial charge in [-0.05, 0) is 51.1 Å². The lowest BCUT2D eigenvalue weighted by Crippen LogP contribution is -2.33. The van der Waals surface area contributed by atoms with Gasteiger partial charge in [0.15, 0.2) is 0 Å². The van der Waals surface area contributed by atoms with Gasteiger partial charge in [-0.25, -0.2) is 4.98 Å². The maximum Gasteiger partial charge on any atom is 0.127 e. The zero-order chi connectivity index (χ0) is 15.0. The van der Waals surface area contributed by atoms with Crippen molar-refractivity contribution in [3.8, 4) is 0 Å². The Labute approximate surface area is 139 Å². The third kappa shape index (κ3) is 2.99. The van der Waals surface area contributed by atoms with E-state index in [1.807, 2.05) is 6.92 Å². The fraction of sp³-hybridized carbons (Fsp3) is 0.562. The Hall–Kier alpha value is -0.580. The van der Waals surface area contributed by atoms with Gasteiger partial charge in [-0.15, -0.1) is 11.6 Å². The first kappa shape index (κ1) is 15.3. The third-order valence-electron chi connectivity index (χ3n) is 4.39. The second-order valence-corrected chi connectivity index (χ2v) is 7.32. The summed E-state index contributed by atoms with van der Waals surface area (Å²) in [6.07, 6.45) is 2.56. The van der Waals surface area contributed by atoms with Crippen LogP contribution >= 0.6 is 27.5 Å². The number of imidazole rings is 1. The lowest BCUT2D eigenvalue weighted by atomic mass is 10.2. The highest BCUT2D eigenvalue weighted by molar-refractivity contribution is 9.10. The minimum Gasteiger partial charge on any atom is -0.325 e. The van der Waals surface area contributed by atoms with Crippen LogP contribution in [0.3, 0.4) is 0 Å². The molecule has 3 nitrogen and oxygen atoms in total. The minimum absolute atomic E-state index is 0.0762. The van der Waals surface area contributed by atoms with E-state index < -0.39 is 0 Å². The normalized spacial score (nSPS) is 21.2. The monoisotopic (exact) mass is 369 g/mol. The van der Waals surface area contributed by atoms with E-state index in [0.29, 0.717) is 6.04 Å². The highest BCUT2D eigenvalue weighted by Gasteiger charge is 2.25. The van der Waals surface area contributed by atoms with Crippen LogP contribution in [0.25, 0.3) is 11.0 Å². The molecule has 1 saturated heterocycles. The topological polar surface area (TPSA) is 21.1 Å². The average molecular weight is 371 g/mol. The van der Waals surface area contributed by atoms with Crippen LogP contribution in [0.15, 0.2) is 22.7 Å². The predicted octanol–water partition coefficient (Wildman–Crippen LogP) is 4.58. The van der Waals surface area contributed by atoms with Gasteiger partial charge in [0, 0.05) is 17.1 Å². The molecule has 1 aromatic heterocycles. The largest absolute Gasteiger partial charge is 0.325 e. The molecule has 3 rings (SSSR count). The zero-order valence-corrected chi connectivity index (χ0v) is 14.9. The molecule has 0 radical (unpaired) electrons. The number of halogens is 2. The lowest BCUT2D eigenvalue weighted by Gasteiger charge is -2.24. The van der Waals surface area contributed by atoms with E-state index in [1.165, 1.54) is 24.9 Å². The van der Waals surface area contributed by atoms with Crippen LogP contribution in [-0.2, 0) is 6.54 Å². The molecule has 2 heterocycles. The summed E-state index contributed by atoms with van der Waals surface area (Å²) in [7, 11) is 0. The molecule has 2 atom stereocenters. The van der Waals surface area contributed by atoms with Gasteiger partial charge in [-0.1, -0.05) is 22.9 Å². The second kappa shape index (κ2) is 6.27. The first-order valence-corrected chi connectivity index (χ1v) is 8.87. The van der Waals surface area contributed by atoms with Crippen LogP contribution < -0.4 is 0 Å². The summed E-state index contributed by atoms with van der Waals surface area (Å²) in [6.45, 7) is 7.56. The Morgan fingerprint density at radius 1 is 1.48 bits per heavy atom. The maximum absolute atomic E-state index is 6.37. The molecule has 0 amide bonds. The fourth-order valence-corrected chi connectivity index (χ4v) is 3.86. The molecule has 2 aromatic rings. The van der Waals surface area contributed by atoms with Crippen molar-refractivity contribution in [2.75, 3.05) is 13.1 Å². The Balaban J connectivity index is 2.01. The number of likely N-dealkylation sites (N-methyl/N-ethyl adjacent to an activating group) is 1. The van der Waals surface area contributed by atoms with E-state index in [2.05, 4.69) is 50.5 Å². The van der Waals surface area contributed by atoms with E-state index in [0.717, 1.165) is 28.9 Å². The van der Waals surface area contributed by atoms with Crippen LogP contribution in [0, 0.1) is 0 Å². The van der Waals surface area contributed by atoms with Crippen molar-refractivity contribution >= 4 is 38.6 Å². The van der Waals surface area contributed by atoms with Crippen molar-refractivity contribution < 1.29 is 0 Å². The van der Waals surface area contributed by atoms with Gasteiger partial charge in [-0.3, -0.25) is 4.90 Å². The summed E-state index contributed by atoms with van der Waals surface area (Å²) in [5, 5.41) is -0.0762. The summed E-state index contributed by atoms with van der Waals surface area (Å²) in [5.74, 6) is 0.979. The molecule has 0 bridgehead atoms. The molecule has 1 aromatic carbocycles. The quantitative estimate of drug-likeness (QED) is 0.734. The van der Waals surface area contributed by atoms with Crippen molar-refractivity contribution in [2.24, 2.45) is 0 Å². The molecule has 0 saturated carbocycles. The van der Waals surface area contributed by atoms with E-state index in [4.69, 9.17) is 16.6 Å². The zero-order valence-electron chi connectivity index (χ0n) is 12.5. The van der Waals surface area contributed by atoms with Gasteiger partial charge in [-0.2, -0.15) is 0 Å². The van der Waals surface area contributed by atoms with Crippen LogP contribution in [0.2, 0.25) is 0 Å². The molecule has 114 valence electrons. The number of nitrogens with zero attached hydrogens (tertiary/aromatic N) is 3. The van der Waals surface area contributed by atoms with Crippen molar-refractivity contribution in [1.29, 1.82) is 0 Å². The van der Waals surface area contributed by atoms with Crippen molar-refractivity contribution in [3.05, 3.63) is 28.5 Å². The van der Waals surface area contributed by atoms with Gasteiger partial charge >= 0.3 is 0 Å². The standard InChI is InChI=1S/C16H21BrClN3/c1-3-20-8-4-5-13(20)10-21-15-7-6-12(17)9-14(15)19-16(21)11(2)18/h6-7,9,11,13H,3-5,8,10H2,1-2H3. The number of benzene rings is 1. The summed E-state index contributed by atoms with van der Waals surface area (Å²) in [4.78, 5) is 7.31. The predicted molar refractivity (Wildman–Crippen MR) is 92.0 cm³/mol. The maximum atomic E-state index is 6.37. The molecule has 0 spiro atoms. The van der Waals surface area contributed by atoms with Crippen LogP contribution in [-0.4, -0.2) is 33.6 Å². The van der Waals surface area contributed by atoms with Crippen molar-refractivity contribution in [3.63, 3.8) is 0 Å². The number of likely N-dealkylation sites (tertiary alicyclic amines) is 1. The third-order valence-corrected chi connectivity index (χ3v) is 5.08. The highest BCUT2D eigenvalue weighted by atomic mass is 79.9. The number of aromatic nitrogens is 2. The van der Waals surface area contributed by atoms with Gasteiger partial charge in [0.2, 0.25) is 0 Å². The Bertz CT molecular complexity index is 638. The number of rotatable bonds is 4. The average Bonchev–Trinajstić information content (AvgIpc) is 3.03. The molecule has 0 N–H and O–H groups in total. The smallest absolute Gasteiger partial charge is 0.127 e. The Morgan fingerprint density at radius 3 is 3.00 bits per heavy atom. The Kier molecular flexibility index (Phi) is 4.57. The number of hydrogen-bond acceptors (Lipinski definition) is 2. The van der Waals surface area contributed by atoms with Gasteiger partial charge < -0.3 is 4.57 Å². The van der Waals surface area contributed by atoms with Crippen LogP contribution in [0.5, 0.6) is 0 Å². The summed E-state index contributed by atoms with van der Waals surface area (Å²) < 4.78 is 3.38. The number of alkyl halides is 1. The first-order chi connectivity index (χ1) is 10.1. The van der Waals surface area contributed by atoms with E-state index in [1.54, 1.807) is 0 Å². The molecule has 5 heteroatoms. The number of hydrogen-bond donors (Lipinski definition) is 0. The van der Waals surface area contributed by atoms with E-state index >= 15 is 0 Å². The molecule has 2 unspecified atom stereocenters.